The maximum atomic E-state index is 12.9. The van der Waals surface area contributed by atoms with E-state index >= 15 is 0 Å². The summed E-state index contributed by atoms with van der Waals surface area (Å²) in [5, 5.41) is 9.12. The van der Waals surface area contributed by atoms with Gasteiger partial charge in [-0.25, -0.2) is 4.98 Å². The molecular weight excluding hydrogens is 348 g/mol. The van der Waals surface area contributed by atoms with Crippen LogP contribution in [0.2, 0.25) is 25.7 Å². The molecule has 1 aliphatic rings. The van der Waals surface area contributed by atoms with Gasteiger partial charge in [0.05, 0.1) is 5.69 Å². The summed E-state index contributed by atoms with van der Waals surface area (Å²) in [6, 6.07) is 1.08. The van der Waals surface area contributed by atoms with Gasteiger partial charge in [-0.2, -0.15) is 0 Å². The van der Waals surface area contributed by atoms with Crippen molar-refractivity contribution in [3.05, 3.63) is 22.2 Å². The summed E-state index contributed by atoms with van der Waals surface area (Å²) < 4.78 is 7.43. The van der Waals surface area contributed by atoms with Gasteiger partial charge >= 0.3 is 0 Å². The zero-order valence-electron chi connectivity index (χ0n) is 16.7. The molecule has 1 saturated heterocycles. The Hall–Kier alpha value is -1.22. The molecule has 0 aliphatic carbocycles. The summed E-state index contributed by atoms with van der Waals surface area (Å²) in [7, 11) is 0.943. The second kappa shape index (κ2) is 9.64. The zero-order chi connectivity index (χ0) is 19.2. The van der Waals surface area contributed by atoms with Crippen molar-refractivity contribution >= 4 is 13.9 Å². The van der Waals surface area contributed by atoms with Crippen molar-refractivity contribution in [2.45, 2.75) is 45.3 Å². The van der Waals surface area contributed by atoms with Gasteiger partial charge in [-0.05, 0) is 25.9 Å². The van der Waals surface area contributed by atoms with Crippen LogP contribution in [-0.4, -0.2) is 74.1 Å². The third kappa shape index (κ3) is 6.50. The highest BCUT2D eigenvalue weighted by molar-refractivity contribution is 6.76. The third-order valence-electron chi connectivity index (χ3n) is 4.63. The van der Waals surface area contributed by atoms with Crippen LogP contribution < -0.4 is 10.5 Å². The molecule has 7 nitrogen and oxygen atoms in total. The van der Waals surface area contributed by atoms with E-state index in [2.05, 4.69) is 41.5 Å². The summed E-state index contributed by atoms with van der Waals surface area (Å²) in [5.74, 6) is 0.516. The van der Waals surface area contributed by atoms with Crippen molar-refractivity contribution in [2.75, 3.05) is 51.3 Å². The Labute approximate surface area is 157 Å². The molecule has 0 amide bonds. The first-order valence-electron chi connectivity index (χ1n) is 9.52. The molecule has 0 spiro atoms. The summed E-state index contributed by atoms with van der Waals surface area (Å²) in [6.45, 7) is 11.5. The zero-order valence-corrected chi connectivity index (χ0v) is 17.7. The van der Waals surface area contributed by atoms with Crippen LogP contribution in [0.3, 0.4) is 0 Å². The topological polar surface area (TPSA) is 70.8 Å². The second-order valence-electron chi connectivity index (χ2n) is 8.30. The normalized spacial score (nSPS) is 16.3. The van der Waals surface area contributed by atoms with Crippen LogP contribution >= 0.6 is 0 Å². The average molecular weight is 383 g/mol. The van der Waals surface area contributed by atoms with Crippen molar-refractivity contribution < 1.29 is 9.84 Å². The molecule has 1 aromatic rings. The first-order valence-corrected chi connectivity index (χ1v) is 13.2. The Morgan fingerprint density at radius 2 is 1.92 bits per heavy atom. The Morgan fingerprint density at radius 1 is 1.23 bits per heavy atom. The van der Waals surface area contributed by atoms with Crippen molar-refractivity contribution in [3.63, 3.8) is 0 Å². The number of aromatic nitrogens is 2. The van der Waals surface area contributed by atoms with Crippen LogP contribution in [0, 0.1) is 0 Å². The van der Waals surface area contributed by atoms with Crippen LogP contribution in [0.4, 0.5) is 5.82 Å². The van der Waals surface area contributed by atoms with E-state index in [1.807, 2.05) is 0 Å². The van der Waals surface area contributed by atoms with Gasteiger partial charge in [0.25, 0.3) is 5.56 Å². The summed E-state index contributed by atoms with van der Waals surface area (Å²) in [5.41, 5.74) is 0.747. The smallest absolute Gasteiger partial charge is 0.295 e. The minimum absolute atomic E-state index is 0.0877. The van der Waals surface area contributed by atoms with E-state index in [1.165, 1.54) is 0 Å². The highest BCUT2D eigenvalue weighted by Gasteiger charge is 2.20. The Morgan fingerprint density at radius 3 is 2.54 bits per heavy atom. The van der Waals surface area contributed by atoms with E-state index in [9.17, 15) is 4.79 Å². The molecule has 1 aliphatic heterocycles. The van der Waals surface area contributed by atoms with Gasteiger partial charge in [0.1, 0.15) is 6.73 Å². The molecule has 0 radical (unpaired) electrons. The highest BCUT2D eigenvalue weighted by Crippen LogP contribution is 2.12. The van der Waals surface area contributed by atoms with Crippen LogP contribution in [0.1, 0.15) is 12.1 Å². The maximum absolute atomic E-state index is 12.9. The fourth-order valence-corrected chi connectivity index (χ4v) is 3.58. The first kappa shape index (κ1) is 21.1. The highest BCUT2D eigenvalue weighted by atomic mass is 28.3. The number of aliphatic hydroxyl groups is 1. The van der Waals surface area contributed by atoms with E-state index in [-0.39, 0.29) is 18.9 Å². The molecular formula is C18H34N4O3Si. The van der Waals surface area contributed by atoms with E-state index in [0.29, 0.717) is 25.3 Å². The molecule has 26 heavy (non-hydrogen) atoms. The predicted molar refractivity (Wildman–Crippen MR) is 108 cm³/mol. The fourth-order valence-electron chi connectivity index (χ4n) is 2.82. The monoisotopic (exact) mass is 382 g/mol. The van der Waals surface area contributed by atoms with Crippen LogP contribution in [-0.2, 0) is 17.9 Å². The number of piperazine rings is 1. The molecule has 0 bridgehead atoms. The number of hydrogen-bond donors (Lipinski definition) is 1. The molecule has 2 heterocycles. The van der Waals surface area contributed by atoms with Gasteiger partial charge in [0, 0.05) is 53.7 Å². The van der Waals surface area contributed by atoms with Gasteiger partial charge in [0.2, 0.25) is 0 Å². The molecule has 1 fully saturated rings. The molecule has 0 saturated carbocycles. The lowest BCUT2D eigenvalue weighted by molar-refractivity contribution is 0.0844. The van der Waals surface area contributed by atoms with Crippen LogP contribution in [0.15, 0.2) is 11.0 Å². The lowest BCUT2D eigenvalue weighted by atomic mass is 10.2. The van der Waals surface area contributed by atoms with Gasteiger partial charge < -0.3 is 19.6 Å². The van der Waals surface area contributed by atoms with E-state index in [1.54, 1.807) is 10.8 Å². The minimum Gasteiger partial charge on any atom is -0.396 e. The standard InChI is InChI=1S/C18H34N4O3Si/c1-20-7-9-21(10-8-20)17-18(24)22(14-16(19-17)6-5-11-23)15-25-12-13-26(2,3)4/h14,23H,5-13,15H2,1-4H3. The summed E-state index contributed by atoms with van der Waals surface area (Å²) in [4.78, 5) is 21.8. The number of nitrogens with zero attached hydrogens (tertiary/aromatic N) is 4. The Kier molecular flexibility index (Phi) is 7.81. The van der Waals surface area contributed by atoms with Crippen molar-refractivity contribution in [1.82, 2.24) is 14.5 Å². The SMILES string of the molecule is CN1CCN(c2nc(CCCO)cn(COCC[Si](C)(C)C)c2=O)CC1. The number of ether oxygens (including phenoxy) is 1. The quantitative estimate of drug-likeness (QED) is 0.512. The number of aliphatic hydroxyl groups excluding tert-OH is 1. The maximum Gasteiger partial charge on any atom is 0.295 e. The predicted octanol–water partition coefficient (Wildman–Crippen LogP) is 1.23. The van der Waals surface area contributed by atoms with Crippen molar-refractivity contribution in [3.8, 4) is 0 Å². The number of hydrogen-bond acceptors (Lipinski definition) is 6. The van der Waals surface area contributed by atoms with E-state index in [0.717, 1.165) is 37.9 Å². The lowest BCUT2D eigenvalue weighted by Crippen LogP contribution is -2.47. The molecule has 1 aromatic heterocycles. The molecule has 2 rings (SSSR count). The van der Waals surface area contributed by atoms with Gasteiger partial charge in [-0.1, -0.05) is 19.6 Å². The molecule has 8 heteroatoms. The molecule has 1 N–H and O–H groups in total. The number of aryl methyl sites for hydroxylation is 1. The number of anilines is 1. The Bertz CT molecular complexity index is 622. The third-order valence-corrected chi connectivity index (χ3v) is 6.33. The average Bonchev–Trinajstić information content (AvgIpc) is 2.58. The molecule has 0 aromatic carbocycles. The van der Waals surface area contributed by atoms with Gasteiger partial charge in [-0.15, -0.1) is 0 Å². The van der Waals surface area contributed by atoms with E-state index < -0.39 is 8.07 Å². The lowest BCUT2D eigenvalue weighted by Gasteiger charge is -2.33. The van der Waals surface area contributed by atoms with Crippen molar-refractivity contribution in [2.24, 2.45) is 0 Å². The largest absolute Gasteiger partial charge is 0.396 e. The van der Waals surface area contributed by atoms with Gasteiger partial charge in [0.15, 0.2) is 5.82 Å². The Balaban J connectivity index is 2.14. The van der Waals surface area contributed by atoms with Crippen molar-refractivity contribution in [1.29, 1.82) is 0 Å². The van der Waals surface area contributed by atoms with Crippen LogP contribution in [0.25, 0.3) is 0 Å². The first-order chi connectivity index (χ1) is 12.3. The summed E-state index contributed by atoms with van der Waals surface area (Å²) in [6.07, 6.45) is 3.09. The van der Waals surface area contributed by atoms with Gasteiger partial charge in [-0.3, -0.25) is 9.36 Å². The molecule has 0 unspecified atom stereocenters. The minimum atomic E-state index is -1.15. The second-order valence-corrected chi connectivity index (χ2v) is 13.9. The summed E-state index contributed by atoms with van der Waals surface area (Å²) >= 11 is 0. The number of likely N-dealkylation sites (N-methyl/N-ethyl adjacent to an activating group) is 1. The molecule has 148 valence electrons. The van der Waals surface area contributed by atoms with E-state index in [4.69, 9.17) is 9.84 Å². The number of rotatable bonds is 9. The molecule has 0 atom stereocenters. The van der Waals surface area contributed by atoms with Crippen LogP contribution in [0.5, 0.6) is 0 Å². The fraction of sp³-hybridized carbons (Fsp3) is 0.778.